The van der Waals surface area contributed by atoms with Crippen LogP contribution < -0.4 is 4.90 Å². The summed E-state index contributed by atoms with van der Waals surface area (Å²) in [5.41, 5.74) is 0.733. The molecule has 7 nitrogen and oxygen atoms in total. The van der Waals surface area contributed by atoms with Crippen molar-refractivity contribution in [2.45, 2.75) is 33.2 Å². The molecular weight excluding hydrogens is 352 g/mol. The largest absolute Gasteiger partial charge is 0.477 e. The number of piperazine rings is 1. The minimum absolute atomic E-state index is 0.160. The molecule has 0 amide bonds. The van der Waals surface area contributed by atoms with E-state index in [2.05, 4.69) is 33.6 Å². The third-order valence-corrected chi connectivity index (χ3v) is 6.06. The summed E-state index contributed by atoms with van der Waals surface area (Å²) in [6, 6.07) is 0.263. The van der Waals surface area contributed by atoms with E-state index in [9.17, 15) is 15.0 Å². The van der Waals surface area contributed by atoms with Crippen molar-refractivity contribution in [2.24, 2.45) is 5.92 Å². The number of carboxylic acids is 1. The highest BCUT2D eigenvalue weighted by Crippen LogP contribution is 2.35. The Morgan fingerprint density at radius 1 is 1.38 bits per heavy atom. The molecule has 142 valence electrons. The maximum Gasteiger partial charge on any atom is 0.346 e. The summed E-state index contributed by atoms with van der Waals surface area (Å²) in [5, 5.41) is 19.7. The second-order valence-corrected chi connectivity index (χ2v) is 8.24. The Labute approximate surface area is 157 Å². The maximum absolute atomic E-state index is 11.5. The molecule has 2 N–H and O–H groups in total. The molecular formula is C18H26N4O3S. The third kappa shape index (κ3) is 3.67. The van der Waals surface area contributed by atoms with Gasteiger partial charge >= 0.3 is 5.97 Å². The number of hydrogen-bond acceptors (Lipinski definition) is 7. The molecule has 3 rings (SSSR count). The van der Waals surface area contributed by atoms with E-state index in [1.165, 1.54) is 17.7 Å². The third-order valence-electron chi connectivity index (χ3n) is 4.87. The Morgan fingerprint density at radius 3 is 2.81 bits per heavy atom. The van der Waals surface area contributed by atoms with E-state index < -0.39 is 5.97 Å². The lowest BCUT2D eigenvalue weighted by atomic mass is 10.1. The number of anilines is 1. The molecule has 1 aliphatic rings. The smallest absolute Gasteiger partial charge is 0.346 e. The first kappa shape index (κ1) is 19.0. The van der Waals surface area contributed by atoms with Gasteiger partial charge < -0.3 is 15.1 Å². The van der Waals surface area contributed by atoms with Crippen LogP contribution in [-0.2, 0) is 0 Å². The maximum atomic E-state index is 11.5. The molecule has 1 aliphatic heterocycles. The molecule has 0 bridgehead atoms. The number of rotatable bonds is 6. The molecule has 0 aromatic carbocycles. The molecule has 0 unspecified atom stereocenters. The highest BCUT2D eigenvalue weighted by molar-refractivity contribution is 7.20. The van der Waals surface area contributed by atoms with Crippen molar-refractivity contribution in [3.05, 3.63) is 16.8 Å². The average molecular weight is 378 g/mol. The summed E-state index contributed by atoms with van der Waals surface area (Å²) in [6.07, 6.45) is 2.24. The van der Waals surface area contributed by atoms with Gasteiger partial charge in [0, 0.05) is 38.8 Å². The molecule has 2 aromatic heterocycles. The van der Waals surface area contributed by atoms with Crippen LogP contribution >= 0.6 is 11.3 Å². The highest BCUT2D eigenvalue weighted by Gasteiger charge is 2.30. The van der Waals surface area contributed by atoms with Crippen molar-refractivity contribution in [1.82, 2.24) is 14.9 Å². The molecule has 0 radical (unpaired) electrons. The molecule has 0 aliphatic carbocycles. The number of aliphatic hydroxyl groups is 1. The topological polar surface area (TPSA) is 89.8 Å². The Hall–Kier alpha value is -1.77. The molecule has 2 aromatic rings. The number of aromatic carboxylic acids is 1. The fourth-order valence-electron chi connectivity index (χ4n) is 3.71. The molecule has 3 heterocycles. The molecule has 1 fully saturated rings. The fraction of sp³-hybridized carbons (Fsp3) is 0.611. The first-order chi connectivity index (χ1) is 12.4. The number of carboxylic acid groups (broad SMARTS) is 1. The number of aromatic nitrogens is 2. The molecule has 0 spiro atoms. The van der Waals surface area contributed by atoms with Crippen LogP contribution in [0.4, 0.5) is 5.82 Å². The summed E-state index contributed by atoms with van der Waals surface area (Å²) in [7, 11) is 0. The minimum Gasteiger partial charge on any atom is -0.477 e. The highest BCUT2D eigenvalue weighted by atomic mass is 32.1. The Balaban J connectivity index is 1.93. The quantitative estimate of drug-likeness (QED) is 0.796. The van der Waals surface area contributed by atoms with E-state index in [1.54, 1.807) is 0 Å². The Kier molecular flexibility index (Phi) is 5.74. The van der Waals surface area contributed by atoms with Crippen LogP contribution in [0.5, 0.6) is 0 Å². The van der Waals surface area contributed by atoms with Gasteiger partial charge in [0.2, 0.25) is 0 Å². The summed E-state index contributed by atoms with van der Waals surface area (Å²) in [5.74, 6) is 0.463. The van der Waals surface area contributed by atoms with Gasteiger partial charge in [-0.25, -0.2) is 14.8 Å². The van der Waals surface area contributed by atoms with Gasteiger partial charge in [-0.05, 0) is 24.8 Å². The van der Waals surface area contributed by atoms with Crippen molar-refractivity contribution in [3.63, 3.8) is 0 Å². The van der Waals surface area contributed by atoms with E-state index in [-0.39, 0.29) is 12.6 Å². The van der Waals surface area contributed by atoms with Gasteiger partial charge in [-0.2, -0.15) is 0 Å². The minimum atomic E-state index is -0.920. The number of thiophene rings is 1. The summed E-state index contributed by atoms with van der Waals surface area (Å²) in [6.45, 7) is 9.93. The van der Waals surface area contributed by atoms with E-state index in [0.29, 0.717) is 15.6 Å². The SMILES string of the molecule is Cc1c(C(=O)O)sc2ncnc(N3CCN(CC(C)C)[C@H](CCO)C3)c12. The lowest BCUT2D eigenvalue weighted by molar-refractivity contribution is 0.0701. The average Bonchev–Trinajstić information content (AvgIpc) is 2.94. The first-order valence-corrected chi connectivity index (χ1v) is 9.81. The van der Waals surface area contributed by atoms with Crippen LogP contribution in [0, 0.1) is 12.8 Å². The van der Waals surface area contributed by atoms with Gasteiger partial charge in [0.15, 0.2) is 0 Å². The molecule has 1 saturated heterocycles. The van der Waals surface area contributed by atoms with Crippen molar-refractivity contribution < 1.29 is 15.0 Å². The number of hydrogen-bond donors (Lipinski definition) is 2. The van der Waals surface area contributed by atoms with Gasteiger partial charge in [-0.3, -0.25) is 4.90 Å². The molecule has 1 atom stereocenters. The number of carbonyl (C=O) groups is 1. The van der Waals surface area contributed by atoms with Gasteiger partial charge in [-0.15, -0.1) is 11.3 Å². The Morgan fingerprint density at radius 2 is 2.15 bits per heavy atom. The number of fused-ring (bicyclic) bond motifs is 1. The number of aliphatic hydroxyl groups excluding tert-OH is 1. The predicted octanol–water partition coefficient (Wildman–Crippen LogP) is 2.23. The zero-order valence-corrected chi connectivity index (χ0v) is 16.3. The van der Waals surface area contributed by atoms with Crippen LogP contribution in [0.1, 0.15) is 35.5 Å². The zero-order chi connectivity index (χ0) is 18.8. The van der Waals surface area contributed by atoms with Gasteiger partial charge in [0.1, 0.15) is 21.9 Å². The van der Waals surface area contributed by atoms with Crippen molar-refractivity contribution in [1.29, 1.82) is 0 Å². The summed E-state index contributed by atoms with van der Waals surface area (Å²) >= 11 is 1.20. The van der Waals surface area contributed by atoms with E-state index in [4.69, 9.17) is 0 Å². The van der Waals surface area contributed by atoms with Crippen LogP contribution in [0.15, 0.2) is 6.33 Å². The lowest BCUT2D eigenvalue weighted by Crippen LogP contribution is -2.54. The second-order valence-electron chi connectivity index (χ2n) is 7.24. The summed E-state index contributed by atoms with van der Waals surface area (Å²) in [4.78, 5) is 25.9. The van der Waals surface area contributed by atoms with Gasteiger partial charge in [0.05, 0.1) is 5.39 Å². The van der Waals surface area contributed by atoms with Crippen molar-refractivity contribution in [2.75, 3.05) is 37.7 Å². The summed E-state index contributed by atoms with van der Waals surface area (Å²) < 4.78 is 0. The lowest BCUT2D eigenvalue weighted by Gasteiger charge is -2.42. The van der Waals surface area contributed by atoms with Crippen molar-refractivity contribution >= 4 is 33.3 Å². The standard InChI is InChI=1S/C18H26N4O3S/c1-11(2)8-21-5-6-22(9-13(21)4-7-23)16-14-12(3)15(18(24)25)26-17(14)20-10-19-16/h10-11,13,23H,4-9H2,1-3H3,(H,24,25)/t13-/m1/s1. The fourth-order valence-corrected chi connectivity index (χ4v) is 4.70. The Bertz CT molecular complexity index is 792. The van der Waals surface area contributed by atoms with Crippen molar-refractivity contribution in [3.8, 4) is 0 Å². The molecule has 8 heteroatoms. The first-order valence-electron chi connectivity index (χ1n) is 8.99. The second kappa shape index (κ2) is 7.85. The van der Waals surface area contributed by atoms with Gasteiger partial charge in [0.25, 0.3) is 0 Å². The number of nitrogens with zero attached hydrogens (tertiary/aromatic N) is 4. The van der Waals surface area contributed by atoms with Crippen LogP contribution in [0.2, 0.25) is 0 Å². The van der Waals surface area contributed by atoms with E-state index in [1.807, 2.05) is 6.92 Å². The number of aryl methyl sites for hydroxylation is 1. The normalized spacial score (nSPS) is 18.8. The van der Waals surface area contributed by atoms with Crippen LogP contribution in [0.25, 0.3) is 10.2 Å². The van der Waals surface area contributed by atoms with E-state index >= 15 is 0 Å². The zero-order valence-electron chi connectivity index (χ0n) is 15.5. The van der Waals surface area contributed by atoms with Crippen LogP contribution in [0.3, 0.4) is 0 Å². The van der Waals surface area contributed by atoms with Crippen LogP contribution in [-0.4, -0.2) is 69.9 Å². The monoisotopic (exact) mass is 378 g/mol. The molecule has 26 heavy (non-hydrogen) atoms. The molecule has 0 saturated carbocycles. The van der Waals surface area contributed by atoms with Gasteiger partial charge in [-0.1, -0.05) is 13.8 Å². The van der Waals surface area contributed by atoms with E-state index in [0.717, 1.165) is 49.4 Å². The predicted molar refractivity (Wildman–Crippen MR) is 103 cm³/mol.